The van der Waals surface area contributed by atoms with Crippen LogP contribution in [-0.4, -0.2) is 8.42 Å². The zero-order valence-corrected chi connectivity index (χ0v) is 14.4. The first-order valence-corrected chi connectivity index (χ1v) is 8.95. The van der Waals surface area contributed by atoms with Gasteiger partial charge in [0.1, 0.15) is 9.23 Å². The quantitative estimate of drug-likeness (QED) is 0.734. The van der Waals surface area contributed by atoms with Crippen molar-refractivity contribution in [3.63, 3.8) is 0 Å². The molecule has 1 aromatic heterocycles. The average Bonchev–Trinajstić information content (AvgIpc) is 2.63. The van der Waals surface area contributed by atoms with E-state index in [0.29, 0.717) is 19.5 Å². The normalized spacial score (nSPS) is 11.6. The number of hydrogen-bond donors (Lipinski definition) is 1. The van der Waals surface area contributed by atoms with Crippen molar-refractivity contribution in [1.29, 1.82) is 0 Å². The second-order valence-electron chi connectivity index (χ2n) is 3.42. The lowest BCUT2D eigenvalue weighted by Crippen LogP contribution is -2.12. The van der Waals surface area contributed by atoms with Crippen LogP contribution in [0.4, 0.5) is 5.69 Å². The summed E-state index contributed by atoms with van der Waals surface area (Å²) in [5.41, 5.74) is 0.364. The summed E-state index contributed by atoms with van der Waals surface area (Å²) in [7, 11) is -3.79. The number of sulfonamides is 1. The smallest absolute Gasteiger partial charge is 0.264 e. The molecule has 0 aliphatic heterocycles. The van der Waals surface area contributed by atoms with Gasteiger partial charge in [-0.25, -0.2) is 8.42 Å². The summed E-state index contributed by atoms with van der Waals surface area (Å²) in [4.78, 5) is -0.0500. The van der Waals surface area contributed by atoms with Crippen LogP contribution in [0.3, 0.4) is 0 Å². The molecule has 9 heteroatoms. The Morgan fingerprint density at radius 3 is 2.37 bits per heavy atom. The highest BCUT2D eigenvalue weighted by Gasteiger charge is 2.21. The van der Waals surface area contributed by atoms with Crippen molar-refractivity contribution < 1.29 is 8.42 Å². The highest BCUT2D eigenvalue weighted by molar-refractivity contribution is 9.10. The highest BCUT2D eigenvalue weighted by atomic mass is 79.9. The zero-order valence-electron chi connectivity index (χ0n) is 8.95. The second-order valence-corrected chi connectivity index (χ2v) is 8.65. The average molecular weight is 422 g/mol. The van der Waals surface area contributed by atoms with Crippen molar-refractivity contribution in [3.05, 3.63) is 42.4 Å². The molecule has 102 valence electrons. The van der Waals surface area contributed by atoms with Crippen LogP contribution in [0.5, 0.6) is 0 Å². The summed E-state index contributed by atoms with van der Waals surface area (Å²) >= 11 is 21.6. The predicted molar refractivity (Wildman–Crippen MR) is 84.3 cm³/mol. The van der Waals surface area contributed by atoms with Crippen LogP contribution in [0.25, 0.3) is 0 Å². The monoisotopic (exact) mass is 419 g/mol. The molecule has 0 saturated heterocycles. The van der Waals surface area contributed by atoms with E-state index >= 15 is 0 Å². The molecular formula is C10H5BrCl3NO2S2. The first-order valence-electron chi connectivity index (χ1n) is 4.72. The first-order chi connectivity index (χ1) is 8.79. The number of nitrogens with one attached hydrogen (secondary N) is 1. The van der Waals surface area contributed by atoms with E-state index in [1.54, 1.807) is 18.2 Å². The van der Waals surface area contributed by atoms with Gasteiger partial charge in [0, 0.05) is 9.50 Å². The van der Waals surface area contributed by atoms with Crippen LogP contribution < -0.4 is 4.72 Å². The van der Waals surface area contributed by atoms with Crippen LogP contribution in [0, 0.1) is 0 Å². The van der Waals surface area contributed by atoms with Gasteiger partial charge in [0.05, 0.1) is 10.0 Å². The lowest BCUT2D eigenvalue weighted by molar-refractivity contribution is 0.601. The molecule has 2 aromatic rings. The number of hydrogen-bond acceptors (Lipinski definition) is 3. The van der Waals surface area contributed by atoms with Crippen LogP contribution >= 0.6 is 62.1 Å². The van der Waals surface area contributed by atoms with E-state index in [1.807, 2.05) is 0 Å². The summed E-state index contributed by atoms with van der Waals surface area (Å²) in [6.07, 6.45) is 0. The van der Waals surface area contributed by atoms with Crippen LogP contribution in [0.2, 0.25) is 13.7 Å². The maximum absolute atomic E-state index is 12.2. The summed E-state index contributed by atoms with van der Waals surface area (Å²) in [6.45, 7) is 0. The molecule has 0 atom stereocenters. The molecule has 0 bridgehead atoms. The SMILES string of the molecule is O=S(=O)(Nc1ccc(Cl)cc1Br)c1cc(Cl)sc1Cl. The van der Waals surface area contributed by atoms with Crippen LogP contribution in [-0.2, 0) is 10.0 Å². The number of benzene rings is 1. The van der Waals surface area contributed by atoms with Gasteiger partial charge in [0.2, 0.25) is 0 Å². The largest absolute Gasteiger partial charge is 0.278 e. The van der Waals surface area contributed by atoms with Gasteiger partial charge in [-0.15, -0.1) is 11.3 Å². The van der Waals surface area contributed by atoms with E-state index < -0.39 is 10.0 Å². The topological polar surface area (TPSA) is 46.2 Å². The molecule has 0 saturated carbocycles. The van der Waals surface area contributed by atoms with Gasteiger partial charge >= 0.3 is 0 Å². The Morgan fingerprint density at radius 2 is 1.84 bits per heavy atom. The van der Waals surface area contributed by atoms with Gasteiger partial charge in [0.15, 0.2) is 0 Å². The van der Waals surface area contributed by atoms with Crippen molar-refractivity contribution in [2.45, 2.75) is 4.90 Å². The van der Waals surface area contributed by atoms with Crippen LogP contribution in [0.1, 0.15) is 0 Å². The van der Waals surface area contributed by atoms with Gasteiger partial charge in [-0.2, -0.15) is 0 Å². The first kappa shape index (κ1) is 15.4. The molecule has 0 spiro atoms. The molecule has 0 unspecified atom stereocenters. The Labute approximate surface area is 137 Å². The molecule has 0 aliphatic rings. The van der Waals surface area contributed by atoms with E-state index in [2.05, 4.69) is 20.7 Å². The fourth-order valence-corrected chi connectivity index (χ4v) is 5.42. The minimum absolute atomic E-state index is 0.0500. The molecule has 0 radical (unpaired) electrons. The molecule has 3 nitrogen and oxygen atoms in total. The Morgan fingerprint density at radius 1 is 1.16 bits per heavy atom. The van der Waals surface area contributed by atoms with Gasteiger partial charge in [-0.05, 0) is 40.2 Å². The fraction of sp³-hybridized carbons (Fsp3) is 0. The second kappa shape index (κ2) is 5.79. The summed E-state index contributed by atoms with van der Waals surface area (Å²) < 4.78 is 27.7. The standard InChI is InChI=1S/C10H5BrCl3NO2S2/c11-6-3-5(12)1-2-7(6)15-19(16,17)8-4-9(13)18-10(8)14/h1-4,15H. The third-order valence-electron chi connectivity index (χ3n) is 2.09. The maximum atomic E-state index is 12.2. The van der Waals surface area contributed by atoms with Gasteiger partial charge in [-0.3, -0.25) is 4.72 Å². The minimum Gasteiger partial charge on any atom is -0.278 e. The van der Waals surface area contributed by atoms with Gasteiger partial charge in [-0.1, -0.05) is 34.8 Å². The lowest BCUT2D eigenvalue weighted by Gasteiger charge is -2.09. The van der Waals surface area contributed by atoms with Crippen molar-refractivity contribution >= 4 is 77.8 Å². The molecular weight excluding hydrogens is 417 g/mol. The van der Waals surface area contributed by atoms with Gasteiger partial charge < -0.3 is 0 Å². The lowest BCUT2D eigenvalue weighted by atomic mass is 10.3. The molecule has 1 heterocycles. The van der Waals surface area contributed by atoms with Crippen molar-refractivity contribution in [2.24, 2.45) is 0 Å². The Hall–Kier alpha value is 0.0200. The minimum atomic E-state index is -3.79. The highest BCUT2D eigenvalue weighted by Crippen LogP contribution is 2.36. The predicted octanol–water partition coefficient (Wildman–Crippen LogP) is 5.27. The number of rotatable bonds is 3. The Balaban J connectivity index is 2.39. The van der Waals surface area contributed by atoms with Crippen molar-refractivity contribution in [3.8, 4) is 0 Å². The van der Waals surface area contributed by atoms with E-state index in [-0.39, 0.29) is 9.23 Å². The maximum Gasteiger partial charge on any atom is 0.264 e. The fourth-order valence-electron chi connectivity index (χ4n) is 1.28. The van der Waals surface area contributed by atoms with E-state index in [4.69, 9.17) is 34.8 Å². The molecule has 0 fully saturated rings. The van der Waals surface area contributed by atoms with Crippen molar-refractivity contribution in [1.82, 2.24) is 0 Å². The molecule has 1 aromatic carbocycles. The van der Waals surface area contributed by atoms with Crippen LogP contribution in [0.15, 0.2) is 33.6 Å². The summed E-state index contributed by atoms with van der Waals surface area (Å²) in [5.74, 6) is 0. The zero-order chi connectivity index (χ0) is 14.2. The van der Waals surface area contributed by atoms with E-state index in [9.17, 15) is 8.42 Å². The molecule has 2 rings (SSSR count). The van der Waals surface area contributed by atoms with Crippen molar-refractivity contribution in [2.75, 3.05) is 4.72 Å². The van der Waals surface area contributed by atoms with Gasteiger partial charge in [0.25, 0.3) is 10.0 Å². The van der Waals surface area contributed by atoms with E-state index in [0.717, 1.165) is 11.3 Å². The number of thiophene rings is 1. The third kappa shape index (κ3) is 3.56. The summed E-state index contributed by atoms with van der Waals surface area (Å²) in [6, 6.07) is 6.01. The third-order valence-corrected chi connectivity index (χ3v) is 6.10. The van der Waals surface area contributed by atoms with E-state index in [1.165, 1.54) is 6.07 Å². The number of anilines is 1. The molecule has 1 N–H and O–H groups in total. The summed E-state index contributed by atoms with van der Waals surface area (Å²) in [5, 5.41) is 0.492. The Bertz CT molecular complexity index is 730. The molecule has 19 heavy (non-hydrogen) atoms. The number of halogens is 4. The molecule has 0 aliphatic carbocycles. The Kier molecular flexibility index (Phi) is 4.70. The molecule has 0 amide bonds.